The number of nitriles is 1. The summed E-state index contributed by atoms with van der Waals surface area (Å²) in [7, 11) is 1.71. The van der Waals surface area contributed by atoms with E-state index in [0.717, 1.165) is 13.1 Å². The van der Waals surface area contributed by atoms with Crippen LogP contribution in [0.1, 0.15) is 30.4 Å². The van der Waals surface area contributed by atoms with Crippen LogP contribution in [0.5, 0.6) is 0 Å². The van der Waals surface area contributed by atoms with Gasteiger partial charge in [0.2, 0.25) is 0 Å². The van der Waals surface area contributed by atoms with Crippen LogP contribution in [0.3, 0.4) is 0 Å². The smallest absolute Gasteiger partial charge is 0.0713 e. The van der Waals surface area contributed by atoms with Crippen molar-refractivity contribution >= 4 is 0 Å². The van der Waals surface area contributed by atoms with Gasteiger partial charge in [0.1, 0.15) is 0 Å². The van der Waals surface area contributed by atoms with Crippen molar-refractivity contribution in [2.75, 3.05) is 13.7 Å². The number of nitrogens with one attached hydrogen (secondary N) is 1. The highest BCUT2D eigenvalue weighted by Gasteiger charge is 2.41. The number of benzene rings is 1. The lowest BCUT2D eigenvalue weighted by Crippen LogP contribution is -2.23. The number of ether oxygens (including phenoxy) is 1. The number of hydrogen-bond donors (Lipinski definition) is 1. The van der Waals surface area contributed by atoms with Gasteiger partial charge >= 0.3 is 0 Å². The van der Waals surface area contributed by atoms with Crippen molar-refractivity contribution in [1.29, 1.82) is 5.26 Å². The molecule has 3 heteroatoms. The van der Waals surface area contributed by atoms with Crippen LogP contribution in [-0.2, 0) is 17.9 Å². The SMILES string of the molecule is COCc1cccc(CNCC2(CC#N)CC2)c1. The molecule has 18 heavy (non-hydrogen) atoms. The van der Waals surface area contributed by atoms with Crippen LogP contribution in [0.4, 0.5) is 0 Å². The molecule has 0 bridgehead atoms. The molecule has 1 aromatic carbocycles. The molecule has 1 saturated carbocycles. The average Bonchev–Trinajstić information content (AvgIpc) is 3.11. The number of nitrogens with zero attached hydrogens (tertiary/aromatic N) is 1. The zero-order valence-corrected chi connectivity index (χ0v) is 10.9. The maximum absolute atomic E-state index is 8.76. The van der Waals surface area contributed by atoms with Crippen molar-refractivity contribution in [2.45, 2.75) is 32.4 Å². The third kappa shape index (κ3) is 3.56. The average molecular weight is 244 g/mol. The van der Waals surface area contributed by atoms with Gasteiger partial charge in [-0.1, -0.05) is 24.3 Å². The Morgan fingerprint density at radius 1 is 1.39 bits per heavy atom. The minimum atomic E-state index is 0.277. The van der Waals surface area contributed by atoms with Gasteiger partial charge in [-0.3, -0.25) is 0 Å². The van der Waals surface area contributed by atoms with Crippen molar-refractivity contribution in [2.24, 2.45) is 5.41 Å². The number of methoxy groups -OCH3 is 1. The van der Waals surface area contributed by atoms with Gasteiger partial charge in [-0.05, 0) is 29.4 Å². The fourth-order valence-electron chi connectivity index (χ4n) is 2.23. The molecule has 96 valence electrons. The van der Waals surface area contributed by atoms with Gasteiger partial charge in [0.05, 0.1) is 12.7 Å². The van der Waals surface area contributed by atoms with Crippen LogP contribution in [0, 0.1) is 16.7 Å². The summed E-state index contributed by atoms with van der Waals surface area (Å²) in [4.78, 5) is 0. The van der Waals surface area contributed by atoms with E-state index < -0.39 is 0 Å². The molecule has 0 radical (unpaired) electrons. The Kier molecular flexibility index (Phi) is 4.35. The molecule has 2 rings (SSSR count). The van der Waals surface area contributed by atoms with Gasteiger partial charge in [-0.25, -0.2) is 0 Å². The molecule has 0 unspecified atom stereocenters. The van der Waals surface area contributed by atoms with Crippen LogP contribution in [0.25, 0.3) is 0 Å². The van der Waals surface area contributed by atoms with E-state index in [1.165, 1.54) is 24.0 Å². The van der Waals surface area contributed by atoms with Crippen LogP contribution in [0.2, 0.25) is 0 Å². The second-order valence-corrected chi connectivity index (χ2v) is 5.19. The molecule has 1 N–H and O–H groups in total. The monoisotopic (exact) mass is 244 g/mol. The van der Waals surface area contributed by atoms with Gasteiger partial charge in [0, 0.05) is 26.6 Å². The molecule has 0 aromatic heterocycles. The molecule has 0 aliphatic heterocycles. The van der Waals surface area contributed by atoms with E-state index in [9.17, 15) is 0 Å². The first kappa shape index (κ1) is 13.1. The molecule has 0 atom stereocenters. The molecular weight excluding hydrogens is 224 g/mol. The molecule has 1 aliphatic carbocycles. The largest absolute Gasteiger partial charge is 0.380 e. The molecule has 0 saturated heterocycles. The fourth-order valence-corrected chi connectivity index (χ4v) is 2.23. The third-order valence-electron chi connectivity index (χ3n) is 3.54. The topological polar surface area (TPSA) is 45.0 Å². The second-order valence-electron chi connectivity index (χ2n) is 5.19. The summed E-state index contributed by atoms with van der Waals surface area (Å²) in [6, 6.07) is 10.7. The lowest BCUT2D eigenvalue weighted by atomic mass is 10.0. The number of rotatable bonds is 7. The van der Waals surface area contributed by atoms with Crippen LogP contribution in [0.15, 0.2) is 24.3 Å². The summed E-state index contributed by atoms with van der Waals surface area (Å²) in [5.74, 6) is 0. The molecular formula is C15H20N2O. The first-order chi connectivity index (χ1) is 8.78. The molecule has 0 spiro atoms. The van der Waals surface area contributed by atoms with Gasteiger partial charge < -0.3 is 10.1 Å². The van der Waals surface area contributed by atoms with Gasteiger partial charge in [0.25, 0.3) is 0 Å². The summed E-state index contributed by atoms with van der Waals surface area (Å²) >= 11 is 0. The maximum atomic E-state index is 8.76. The molecule has 1 fully saturated rings. The lowest BCUT2D eigenvalue weighted by molar-refractivity contribution is 0.185. The van der Waals surface area contributed by atoms with Crippen molar-refractivity contribution in [3.05, 3.63) is 35.4 Å². The molecule has 0 heterocycles. The Labute approximate surface area is 109 Å². The first-order valence-corrected chi connectivity index (χ1v) is 6.42. The second kappa shape index (κ2) is 5.99. The van der Waals surface area contributed by atoms with Crippen LogP contribution >= 0.6 is 0 Å². The first-order valence-electron chi connectivity index (χ1n) is 6.42. The van der Waals surface area contributed by atoms with Gasteiger partial charge in [-0.15, -0.1) is 0 Å². The van der Waals surface area contributed by atoms with E-state index in [0.29, 0.717) is 13.0 Å². The molecule has 0 amide bonds. The maximum Gasteiger partial charge on any atom is 0.0713 e. The van der Waals surface area contributed by atoms with Crippen molar-refractivity contribution in [1.82, 2.24) is 5.32 Å². The zero-order chi connectivity index (χ0) is 12.8. The predicted molar refractivity (Wildman–Crippen MR) is 70.8 cm³/mol. The highest BCUT2D eigenvalue weighted by atomic mass is 16.5. The van der Waals surface area contributed by atoms with Gasteiger partial charge in [-0.2, -0.15) is 5.26 Å². The minimum absolute atomic E-state index is 0.277. The summed E-state index contributed by atoms with van der Waals surface area (Å²) in [6.07, 6.45) is 3.07. The standard InChI is InChI=1S/C15H20N2O/c1-18-11-14-4-2-3-13(9-14)10-17-12-15(5-6-15)7-8-16/h2-4,9,17H,5-7,10-12H2,1H3. The van der Waals surface area contributed by atoms with E-state index in [2.05, 4.69) is 35.7 Å². The molecule has 1 aromatic rings. The quantitative estimate of drug-likeness (QED) is 0.802. The van der Waals surface area contributed by atoms with Crippen LogP contribution in [-0.4, -0.2) is 13.7 Å². The lowest BCUT2D eigenvalue weighted by Gasteiger charge is -2.12. The molecule has 3 nitrogen and oxygen atoms in total. The van der Waals surface area contributed by atoms with E-state index >= 15 is 0 Å². The fraction of sp³-hybridized carbons (Fsp3) is 0.533. The van der Waals surface area contributed by atoms with Crippen molar-refractivity contribution < 1.29 is 4.74 Å². The summed E-state index contributed by atoms with van der Waals surface area (Å²) in [6.45, 7) is 2.48. The minimum Gasteiger partial charge on any atom is -0.380 e. The normalized spacial score (nSPS) is 16.2. The van der Waals surface area contributed by atoms with E-state index in [1.807, 2.05) is 0 Å². The summed E-state index contributed by atoms with van der Waals surface area (Å²) in [5, 5.41) is 12.2. The Morgan fingerprint density at radius 2 is 2.17 bits per heavy atom. The van der Waals surface area contributed by atoms with Crippen LogP contribution < -0.4 is 5.32 Å². The number of hydrogen-bond acceptors (Lipinski definition) is 3. The highest BCUT2D eigenvalue weighted by Crippen LogP contribution is 2.47. The Hall–Kier alpha value is -1.37. The Balaban J connectivity index is 1.80. The predicted octanol–water partition coefficient (Wildman–Crippen LogP) is 2.62. The van der Waals surface area contributed by atoms with Crippen molar-refractivity contribution in [3.63, 3.8) is 0 Å². The van der Waals surface area contributed by atoms with E-state index in [4.69, 9.17) is 10.00 Å². The van der Waals surface area contributed by atoms with Gasteiger partial charge in [0.15, 0.2) is 0 Å². The highest BCUT2D eigenvalue weighted by molar-refractivity contribution is 5.23. The van der Waals surface area contributed by atoms with E-state index in [1.54, 1.807) is 7.11 Å². The zero-order valence-electron chi connectivity index (χ0n) is 10.9. The van der Waals surface area contributed by atoms with Crippen molar-refractivity contribution in [3.8, 4) is 6.07 Å². The van der Waals surface area contributed by atoms with E-state index in [-0.39, 0.29) is 5.41 Å². The Bertz CT molecular complexity index is 432. The summed E-state index contributed by atoms with van der Waals surface area (Å²) in [5.41, 5.74) is 2.76. The Morgan fingerprint density at radius 3 is 2.83 bits per heavy atom. The third-order valence-corrected chi connectivity index (χ3v) is 3.54. The summed E-state index contributed by atoms with van der Waals surface area (Å²) < 4.78 is 5.13. The molecule has 1 aliphatic rings.